The van der Waals surface area contributed by atoms with Gasteiger partial charge in [0.15, 0.2) is 0 Å². The Kier molecular flexibility index (Phi) is 2.66. The molecule has 1 amide bonds. The van der Waals surface area contributed by atoms with Crippen LogP contribution in [-0.4, -0.2) is 35.1 Å². The fraction of sp³-hybridized carbons (Fsp3) is 0.923. The van der Waals surface area contributed by atoms with Crippen LogP contribution in [0, 0.1) is 17.8 Å². The van der Waals surface area contributed by atoms with Gasteiger partial charge in [-0.1, -0.05) is 6.42 Å². The number of amides is 1. The number of carbonyl (C=O) groups is 1. The first-order valence-electron chi connectivity index (χ1n) is 6.68. The van der Waals surface area contributed by atoms with Crippen LogP contribution < -0.4 is 0 Å². The topological polar surface area (TPSA) is 40.5 Å². The van der Waals surface area contributed by atoms with E-state index in [1.807, 2.05) is 4.90 Å². The van der Waals surface area contributed by atoms with Crippen LogP contribution in [0.3, 0.4) is 0 Å². The maximum Gasteiger partial charge on any atom is 0.222 e. The fourth-order valence-corrected chi connectivity index (χ4v) is 3.95. The third-order valence-electron chi connectivity index (χ3n) is 4.84. The van der Waals surface area contributed by atoms with E-state index >= 15 is 0 Å². The average molecular weight is 223 g/mol. The van der Waals surface area contributed by atoms with Crippen LogP contribution in [-0.2, 0) is 4.79 Å². The van der Waals surface area contributed by atoms with Crippen LogP contribution >= 0.6 is 0 Å². The first kappa shape index (κ1) is 10.6. The molecule has 0 aromatic heterocycles. The minimum atomic E-state index is -0.274. The van der Waals surface area contributed by atoms with Crippen molar-refractivity contribution >= 4 is 5.91 Å². The number of hydrogen-bond acceptors (Lipinski definition) is 2. The van der Waals surface area contributed by atoms with Crippen LogP contribution in [0.15, 0.2) is 0 Å². The van der Waals surface area contributed by atoms with Crippen LogP contribution in [0.2, 0.25) is 0 Å². The molecule has 2 saturated carbocycles. The summed E-state index contributed by atoms with van der Waals surface area (Å²) in [6.07, 6.45) is 6.65. The molecule has 3 unspecified atom stereocenters. The van der Waals surface area contributed by atoms with Gasteiger partial charge in [0.2, 0.25) is 5.91 Å². The smallest absolute Gasteiger partial charge is 0.222 e. The van der Waals surface area contributed by atoms with Crippen molar-refractivity contribution in [3.05, 3.63) is 0 Å². The summed E-state index contributed by atoms with van der Waals surface area (Å²) < 4.78 is 0. The van der Waals surface area contributed by atoms with Crippen molar-refractivity contribution in [3.63, 3.8) is 0 Å². The molecule has 4 atom stereocenters. The Morgan fingerprint density at radius 3 is 2.69 bits per heavy atom. The molecule has 3 aliphatic rings. The second kappa shape index (κ2) is 4.02. The maximum absolute atomic E-state index is 12.0. The summed E-state index contributed by atoms with van der Waals surface area (Å²) in [6.45, 7) is 1.33. The number of nitrogens with zero attached hydrogens (tertiary/aromatic N) is 1. The fourth-order valence-electron chi connectivity index (χ4n) is 3.95. The predicted molar refractivity (Wildman–Crippen MR) is 60.8 cm³/mol. The largest absolute Gasteiger partial charge is 0.391 e. The van der Waals surface area contributed by atoms with Crippen LogP contribution in [0.5, 0.6) is 0 Å². The Hall–Kier alpha value is -0.570. The molecule has 0 aromatic carbocycles. The quantitative estimate of drug-likeness (QED) is 0.769. The van der Waals surface area contributed by atoms with Crippen molar-refractivity contribution < 1.29 is 9.90 Å². The molecule has 16 heavy (non-hydrogen) atoms. The van der Waals surface area contributed by atoms with Crippen molar-refractivity contribution in [2.75, 3.05) is 13.1 Å². The van der Waals surface area contributed by atoms with Crippen molar-refractivity contribution in [2.24, 2.45) is 17.8 Å². The van der Waals surface area contributed by atoms with E-state index in [4.69, 9.17) is 0 Å². The van der Waals surface area contributed by atoms with Crippen molar-refractivity contribution in [1.82, 2.24) is 4.90 Å². The first-order valence-corrected chi connectivity index (χ1v) is 6.68. The van der Waals surface area contributed by atoms with Crippen molar-refractivity contribution in [1.29, 1.82) is 0 Å². The number of aliphatic hydroxyl groups is 1. The van der Waals surface area contributed by atoms with E-state index in [1.54, 1.807) is 0 Å². The molecule has 1 saturated heterocycles. The summed E-state index contributed by atoms with van der Waals surface area (Å²) >= 11 is 0. The standard InChI is InChI=1S/C13H21NO2/c15-12-3-4-14(8-12)13(16)7-11-6-9-1-2-10(11)5-9/h9-12,15H,1-8H2/t9?,10?,11?,12-/m0/s1. The molecule has 0 spiro atoms. The normalized spacial score (nSPS) is 41.9. The van der Waals surface area contributed by atoms with Crippen LogP contribution in [0.1, 0.15) is 38.5 Å². The number of likely N-dealkylation sites (tertiary alicyclic amines) is 1. The second-order valence-electron chi connectivity index (χ2n) is 5.92. The van der Waals surface area contributed by atoms with E-state index in [9.17, 15) is 9.90 Å². The molecule has 0 radical (unpaired) electrons. The molecule has 1 aliphatic heterocycles. The van der Waals surface area contributed by atoms with Crippen molar-refractivity contribution in [3.8, 4) is 0 Å². The highest BCUT2D eigenvalue weighted by Crippen LogP contribution is 2.49. The lowest BCUT2D eigenvalue weighted by atomic mass is 9.86. The van der Waals surface area contributed by atoms with E-state index < -0.39 is 0 Å². The zero-order valence-electron chi connectivity index (χ0n) is 9.77. The summed E-state index contributed by atoms with van der Waals surface area (Å²) in [4.78, 5) is 13.9. The third-order valence-corrected chi connectivity index (χ3v) is 4.84. The third kappa shape index (κ3) is 1.86. The van der Waals surface area contributed by atoms with Gasteiger partial charge < -0.3 is 10.0 Å². The molecule has 3 nitrogen and oxygen atoms in total. The summed E-state index contributed by atoms with van der Waals surface area (Å²) in [6, 6.07) is 0. The van der Waals surface area contributed by atoms with E-state index in [0.717, 1.165) is 31.2 Å². The van der Waals surface area contributed by atoms with E-state index in [0.29, 0.717) is 12.5 Å². The minimum absolute atomic E-state index is 0.274. The van der Waals surface area contributed by atoms with Crippen LogP contribution in [0.25, 0.3) is 0 Å². The summed E-state index contributed by atoms with van der Waals surface area (Å²) in [5.41, 5.74) is 0. The molecule has 1 heterocycles. The van der Waals surface area contributed by atoms with E-state index in [-0.39, 0.29) is 12.0 Å². The number of fused-ring (bicyclic) bond motifs is 2. The first-order chi connectivity index (χ1) is 7.72. The van der Waals surface area contributed by atoms with Crippen molar-refractivity contribution in [2.45, 2.75) is 44.6 Å². The van der Waals surface area contributed by atoms with Gasteiger partial charge in [-0.3, -0.25) is 4.79 Å². The molecule has 2 aliphatic carbocycles. The summed E-state index contributed by atoms with van der Waals surface area (Å²) in [5, 5.41) is 9.42. The zero-order chi connectivity index (χ0) is 11.1. The van der Waals surface area contributed by atoms with E-state index in [1.165, 1.54) is 25.7 Å². The van der Waals surface area contributed by atoms with Gasteiger partial charge in [0.25, 0.3) is 0 Å². The van der Waals surface area contributed by atoms with Gasteiger partial charge in [0, 0.05) is 19.5 Å². The molecule has 0 aromatic rings. The molecule has 90 valence electrons. The molecule has 2 bridgehead atoms. The second-order valence-corrected chi connectivity index (χ2v) is 5.92. The Morgan fingerprint density at radius 1 is 1.25 bits per heavy atom. The molecule has 1 N–H and O–H groups in total. The van der Waals surface area contributed by atoms with Gasteiger partial charge in [-0.15, -0.1) is 0 Å². The van der Waals surface area contributed by atoms with Gasteiger partial charge in [-0.25, -0.2) is 0 Å². The lowest BCUT2D eigenvalue weighted by Gasteiger charge is -2.24. The van der Waals surface area contributed by atoms with Crippen LogP contribution in [0.4, 0.5) is 0 Å². The predicted octanol–water partition coefficient (Wildman–Crippen LogP) is 1.41. The average Bonchev–Trinajstić information content (AvgIpc) is 2.92. The van der Waals surface area contributed by atoms with Gasteiger partial charge in [0.05, 0.1) is 6.10 Å². The Bertz CT molecular complexity index is 292. The highest BCUT2D eigenvalue weighted by molar-refractivity contribution is 5.76. The highest BCUT2D eigenvalue weighted by Gasteiger charge is 2.41. The molecule has 3 fully saturated rings. The highest BCUT2D eigenvalue weighted by atomic mass is 16.3. The zero-order valence-corrected chi connectivity index (χ0v) is 9.77. The number of hydrogen-bond donors (Lipinski definition) is 1. The lowest BCUT2D eigenvalue weighted by molar-refractivity contribution is -0.131. The Balaban J connectivity index is 1.53. The van der Waals surface area contributed by atoms with Gasteiger partial charge >= 0.3 is 0 Å². The molecular formula is C13H21NO2. The number of carbonyl (C=O) groups excluding carboxylic acids is 1. The minimum Gasteiger partial charge on any atom is -0.391 e. The van der Waals surface area contributed by atoms with Gasteiger partial charge in [-0.2, -0.15) is 0 Å². The van der Waals surface area contributed by atoms with Gasteiger partial charge in [-0.05, 0) is 43.4 Å². The summed E-state index contributed by atoms with van der Waals surface area (Å²) in [7, 11) is 0. The molecule has 3 heteroatoms. The lowest BCUT2D eigenvalue weighted by Crippen LogP contribution is -2.31. The number of rotatable bonds is 2. The monoisotopic (exact) mass is 223 g/mol. The summed E-state index contributed by atoms with van der Waals surface area (Å²) in [5.74, 6) is 2.70. The molecular weight excluding hydrogens is 202 g/mol. The SMILES string of the molecule is O=C(CC1CC2CCC1C2)N1CC[C@H](O)C1. The Labute approximate surface area is 96.8 Å². The number of aliphatic hydroxyl groups excluding tert-OH is 1. The molecule has 3 rings (SSSR count). The maximum atomic E-state index is 12.0. The van der Waals surface area contributed by atoms with Gasteiger partial charge in [0.1, 0.15) is 0 Å². The number of β-amino-alcohol motifs (C(OH)–C–C–N with tert-alkyl or cyclic N) is 1. The van der Waals surface area contributed by atoms with E-state index in [2.05, 4.69) is 0 Å². The Morgan fingerprint density at radius 2 is 2.12 bits per heavy atom.